The molecule has 1 heterocycles. The van der Waals surface area contributed by atoms with Gasteiger partial charge in [-0.1, -0.05) is 32.9 Å². The van der Waals surface area contributed by atoms with Crippen LogP contribution in [0.15, 0.2) is 69.9 Å². The van der Waals surface area contributed by atoms with Gasteiger partial charge in [-0.05, 0) is 54.5 Å². The van der Waals surface area contributed by atoms with Crippen molar-refractivity contribution in [1.29, 1.82) is 0 Å². The van der Waals surface area contributed by atoms with Crippen LogP contribution in [-0.2, 0) is 0 Å². The number of aromatic hydroxyl groups is 1. The van der Waals surface area contributed by atoms with E-state index in [2.05, 4.69) is 33.9 Å². The molecule has 1 N–H and O–H groups in total. The van der Waals surface area contributed by atoms with Crippen LogP contribution in [0.5, 0.6) is 17.2 Å². The van der Waals surface area contributed by atoms with Gasteiger partial charge in [-0.25, -0.2) is 4.79 Å². The molecule has 0 saturated carbocycles. The van der Waals surface area contributed by atoms with Gasteiger partial charge in [0.05, 0.1) is 10.9 Å². The number of esters is 1. The number of ether oxygens (including phenoxy) is 1. The zero-order chi connectivity index (χ0) is 24.0. The number of rotatable bonds is 4. The number of carbonyl (C=O) groups excluding carboxylic acids is 1. The van der Waals surface area contributed by atoms with E-state index in [9.17, 15) is 14.7 Å². The minimum atomic E-state index is -1.99. The highest BCUT2D eigenvalue weighted by molar-refractivity contribution is 6.74. The third-order valence-corrected chi connectivity index (χ3v) is 10.5. The Kier molecular flexibility index (Phi) is 5.53. The molecule has 0 spiro atoms. The van der Waals surface area contributed by atoms with E-state index in [0.29, 0.717) is 22.3 Å². The fourth-order valence-electron chi connectivity index (χ4n) is 3.21. The lowest BCUT2D eigenvalue weighted by Crippen LogP contribution is -2.43. The zero-order valence-electron chi connectivity index (χ0n) is 19.3. The lowest BCUT2D eigenvalue weighted by atomic mass is 10.1. The highest BCUT2D eigenvalue weighted by Gasteiger charge is 2.38. The maximum atomic E-state index is 12.7. The van der Waals surface area contributed by atoms with Gasteiger partial charge in [-0.2, -0.15) is 0 Å². The molecule has 0 bridgehead atoms. The number of para-hydroxylation sites is 1. The number of hydrogen-bond acceptors (Lipinski definition) is 6. The molecule has 3 aromatic carbocycles. The molecule has 0 atom stereocenters. The van der Waals surface area contributed by atoms with Crippen molar-refractivity contribution < 1.29 is 23.5 Å². The Morgan fingerprint density at radius 2 is 1.61 bits per heavy atom. The highest BCUT2D eigenvalue weighted by atomic mass is 28.4. The van der Waals surface area contributed by atoms with Gasteiger partial charge in [0.15, 0.2) is 0 Å². The van der Waals surface area contributed by atoms with Gasteiger partial charge in [0, 0.05) is 12.1 Å². The van der Waals surface area contributed by atoms with Crippen molar-refractivity contribution in [3.05, 3.63) is 76.5 Å². The normalized spacial score (nSPS) is 12.2. The monoisotopic (exact) mass is 462 g/mol. The van der Waals surface area contributed by atoms with Crippen LogP contribution in [0.2, 0.25) is 18.1 Å². The SMILES string of the molecule is CC(C)(C)[Si](C)(C)Oc1ccc(C(=O)Oc2cc(O)c3c(=O)c4ccccc4oc3c2)cc1. The molecule has 0 aliphatic carbocycles. The minimum Gasteiger partial charge on any atom is -0.544 e. The Morgan fingerprint density at radius 3 is 2.27 bits per heavy atom. The number of carbonyl (C=O) groups is 1. The molecule has 4 rings (SSSR count). The van der Waals surface area contributed by atoms with Gasteiger partial charge in [0.2, 0.25) is 13.7 Å². The summed E-state index contributed by atoms with van der Waals surface area (Å²) in [4.78, 5) is 25.4. The summed E-state index contributed by atoms with van der Waals surface area (Å²) in [6, 6.07) is 16.2. The number of phenols is 1. The molecule has 0 fully saturated rings. The molecule has 170 valence electrons. The lowest BCUT2D eigenvalue weighted by Gasteiger charge is -2.36. The number of hydrogen-bond donors (Lipinski definition) is 1. The predicted octanol–water partition coefficient (Wildman–Crippen LogP) is 6.26. The fraction of sp³-hybridized carbons (Fsp3) is 0.231. The predicted molar refractivity (Wildman–Crippen MR) is 131 cm³/mol. The number of fused-ring (bicyclic) bond motifs is 2. The van der Waals surface area contributed by atoms with Gasteiger partial charge in [0.25, 0.3) is 0 Å². The van der Waals surface area contributed by atoms with E-state index in [1.54, 1.807) is 48.5 Å². The summed E-state index contributed by atoms with van der Waals surface area (Å²) < 4.78 is 17.4. The lowest BCUT2D eigenvalue weighted by molar-refractivity contribution is 0.0735. The molecule has 7 heteroatoms. The fourth-order valence-corrected chi connectivity index (χ4v) is 4.24. The summed E-state index contributed by atoms with van der Waals surface area (Å²) in [6.45, 7) is 10.8. The molecule has 1 aromatic heterocycles. The zero-order valence-corrected chi connectivity index (χ0v) is 20.3. The summed E-state index contributed by atoms with van der Waals surface area (Å²) in [5, 5.41) is 10.9. The van der Waals surface area contributed by atoms with E-state index in [-0.39, 0.29) is 32.9 Å². The Balaban J connectivity index is 1.59. The molecule has 4 aromatic rings. The second kappa shape index (κ2) is 8.08. The van der Waals surface area contributed by atoms with Crippen LogP contribution in [-0.4, -0.2) is 19.4 Å². The molecular weight excluding hydrogens is 436 g/mol. The van der Waals surface area contributed by atoms with Gasteiger partial charge in [-0.15, -0.1) is 0 Å². The van der Waals surface area contributed by atoms with Crippen molar-refractivity contribution in [2.75, 3.05) is 0 Å². The Morgan fingerprint density at radius 1 is 0.939 bits per heavy atom. The summed E-state index contributed by atoms with van der Waals surface area (Å²) in [5.41, 5.74) is 0.506. The largest absolute Gasteiger partial charge is 0.544 e. The van der Waals surface area contributed by atoms with Gasteiger partial charge in [0.1, 0.15) is 33.8 Å². The first-order chi connectivity index (χ1) is 15.5. The van der Waals surface area contributed by atoms with Crippen molar-refractivity contribution in [3.63, 3.8) is 0 Å². The molecule has 6 nitrogen and oxygen atoms in total. The summed E-state index contributed by atoms with van der Waals surface area (Å²) in [5.74, 6) is -0.135. The average molecular weight is 463 g/mol. The standard InChI is InChI=1S/C26H26O6Si/c1-26(2,3)33(4,5)32-17-12-10-16(11-13-17)25(29)30-18-14-20(27)23-22(15-18)31-21-9-7-6-8-19(21)24(23)28/h6-15,27H,1-5H3. The van der Waals surface area contributed by atoms with Crippen LogP contribution in [0.4, 0.5) is 0 Å². The summed E-state index contributed by atoms with van der Waals surface area (Å²) >= 11 is 0. The van der Waals surface area contributed by atoms with E-state index in [1.165, 1.54) is 12.1 Å². The van der Waals surface area contributed by atoms with Gasteiger partial charge >= 0.3 is 5.97 Å². The Labute approximate surface area is 192 Å². The van der Waals surface area contributed by atoms with Crippen LogP contribution in [0.1, 0.15) is 31.1 Å². The molecule has 0 aliphatic rings. The highest BCUT2D eigenvalue weighted by Crippen LogP contribution is 2.37. The minimum absolute atomic E-state index is 0.0423. The molecule has 0 radical (unpaired) electrons. The van der Waals surface area contributed by atoms with Crippen LogP contribution in [0.25, 0.3) is 21.9 Å². The first-order valence-electron chi connectivity index (χ1n) is 10.7. The van der Waals surface area contributed by atoms with Gasteiger partial charge in [-0.3, -0.25) is 4.79 Å². The summed E-state index contributed by atoms with van der Waals surface area (Å²) in [6.07, 6.45) is 0. The van der Waals surface area contributed by atoms with Crippen LogP contribution < -0.4 is 14.6 Å². The quantitative estimate of drug-likeness (QED) is 0.167. The average Bonchev–Trinajstić information content (AvgIpc) is 2.73. The topological polar surface area (TPSA) is 86.0 Å². The number of phenolic OH excluding ortho intramolecular Hbond substituents is 1. The molecule has 33 heavy (non-hydrogen) atoms. The maximum absolute atomic E-state index is 12.7. The van der Waals surface area contributed by atoms with E-state index in [1.807, 2.05) is 0 Å². The van der Waals surface area contributed by atoms with Crippen molar-refractivity contribution in [2.24, 2.45) is 0 Å². The first kappa shape index (κ1) is 22.6. The molecule has 0 aliphatic heterocycles. The third kappa shape index (κ3) is 4.36. The van der Waals surface area contributed by atoms with Crippen LogP contribution in [0, 0.1) is 0 Å². The smallest absolute Gasteiger partial charge is 0.343 e. The maximum Gasteiger partial charge on any atom is 0.343 e. The van der Waals surface area contributed by atoms with Crippen molar-refractivity contribution in [3.8, 4) is 17.2 Å². The second-order valence-electron chi connectivity index (χ2n) is 9.52. The number of benzene rings is 3. The van der Waals surface area contributed by atoms with Crippen molar-refractivity contribution in [1.82, 2.24) is 0 Å². The van der Waals surface area contributed by atoms with Crippen LogP contribution in [0.3, 0.4) is 0 Å². The first-order valence-corrected chi connectivity index (χ1v) is 13.6. The molecule has 0 unspecified atom stereocenters. The van der Waals surface area contributed by atoms with Crippen LogP contribution >= 0.6 is 0 Å². The van der Waals surface area contributed by atoms with E-state index in [4.69, 9.17) is 13.6 Å². The summed E-state index contributed by atoms with van der Waals surface area (Å²) in [7, 11) is -1.99. The van der Waals surface area contributed by atoms with Crippen molar-refractivity contribution >= 4 is 36.2 Å². The molecule has 0 saturated heterocycles. The Bertz CT molecular complexity index is 1410. The van der Waals surface area contributed by atoms with Crippen molar-refractivity contribution in [2.45, 2.75) is 38.9 Å². The molecule has 0 amide bonds. The van der Waals surface area contributed by atoms with E-state index < -0.39 is 14.3 Å². The third-order valence-electron chi connectivity index (χ3n) is 6.11. The Hall–Kier alpha value is -3.58. The van der Waals surface area contributed by atoms with E-state index in [0.717, 1.165) is 0 Å². The van der Waals surface area contributed by atoms with Gasteiger partial charge < -0.3 is 18.7 Å². The van der Waals surface area contributed by atoms with E-state index >= 15 is 0 Å². The molecular formula is C26H26O6Si. The second-order valence-corrected chi connectivity index (χ2v) is 14.2.